The standard InChI is InChI=1S/C68H72N5O.Pt/c1-64(2,3)46-30-32-56(52(39-46)43-24-18-16-19-25-43)71-35-34-69-61(71)45-36-48(66(7,8)9)38-50(37-45)72-57-29-23-22-28-51(57)59-63(72)70-62(54-41-49(67(10,11)12)42-55(60(54)74)68(13,14)15)73(59)58-33-31-47(65(4,5)6)40-53(58)44-26-20-17-21-27-44;/h16-36,38-42,74H,1-15H3;/q-1;. The minimum Gasteiger partial charge on any atom is -0.507 e. The van der Waals surface area contributed by atoms with Gasteiger partial charge in [-0.2, -0.15) is 0 Å². The molecule has 0 saturated heterocycles. The predicted molar refractivity (Wildman–Crippen MR) is 311 cm³/mol. The Morgan fingerprint density at radius 3 is 1.53 bits per heavy atom. The number of hydrogen-bond donors (Lipinski definition) is 1. The molecule has 1 N–H and O–H groups in total. The van der Waals surface area contributed by atoms with Crippen molar-refractivity contribution in [2.24, 2.45) is 0 Å². The number of phenols is 1. The van der Waals surface area contributed by atoms with E-state index in [0.29, 0.717) is 11.4 Å². The molecule has 6 nitrogen and oxygen atoms in total. The Bertz CT molecular complexity index is 3740. The van der Waals surface area contributed by atoms with Gasteiger partial charge >= 0.3 is 0 Å². The maximum atomic E-state index is 12.8. The Balaban J connectivity index is 0.00000689. The molecule has 0 aliphatic rings. The Morgan fingerprint density at radius 1 is 0.467 bits per heavy atom. The van der Waals surface area contributed by atoms with E-state index in [9.17, 15) is 5.11 Å². The molecule has 386 valence electrons. The van der Waals surface area contributed by atoms with Crippen LogP contribution in [-0.2, 0) is 48.1 Å². The molecule has 0 fully saturated rings. The fourth-order valence-corrected chi connectivity index (χ4v) is 10.3. The molecule has 10 rings (SSSR count). The van der Waals surface area contributed by atoms with Crippen molar-refractivity contribution in [2.45, 2.75) is 131 Å². The molecule has 0 saturated carbocycles. The average Bonchev–Trinajstić information content (AvgIpc) is 4.07. The number of aromatic nitrogens is 5. The summed E-state index contributed by atoms with van der Waals surface area (Å²) in [5.41, 5.74) is 16.3. The number of rotatable bonds is 7. The van der Waals surface area contributed by atoms with Crippen LogP contribution < -0.4 is 0 Å². The van der Waals surface area contributed by atoms with Gasteiger partial charge in [0, 0.05) is 61.2 Å². The fourth-order valence-electron chi connectivity index (χ4n) is 10.3. The number of fused-ring (bicyclic) bond motifs is 3. The van der Waals surface area contributed by atoms with Crippen LogP contribution in [0.1, 0.15) is 132 Å². The predicted octanol–water partition coefficient (Wildman–Crippen LogP) is 17.8. The summed E-state index contributed by atoms with van der Waals surface area (Å²) in [4.78, 5) is 11.0. The van der Waals surface area contributed by atoms with Gasteiger partial charge in [-0.15, -0.1) is 29.3 Å². The maximum Gasteiger partial charge on any atom is 0.163 e. The van der Waals surface area contributed by atoms with Gasteiger partial charge < -0.3 is 14.2 Å². The Labute approximate surface area is 459 Å². The molecule has 7 aromatic carbocycles. The first-order valence-electron chi connectivity index (χ1n) is 26.2. The van der Waals surface area contributed by atoms with E-state index in [-0.39, 0.29) is 53.9 Å². The van der Waals surface area contributed by atoms with Gasteiger partial charge in [-0.25, -0.2) is 4.98 Å². The van der Waals surface area contributed by atoms with E-state index in [1.165, 1.54) is 11.1 Å². The first kappa shape index (κ1) is 53.1. The fraction of sp³-hybridized carbons (Fsp3) is 0.294. The summed E-state index contributed by atoms with van der Waals surface area (Å²) >= 11 is 0. The van der Waals surface area contributed by atoms with Crippen molar-refractivity contribution >= 4 is 22.1 Å². The van der Waals surface area contributed by atoms with Gasteiger partial charge in [0.05, 0.1) is 22.6 Å². The van der Waals surface area contributed by atoms with Crippen LogP contribution in [0.15, 0.2) is 158 Å². The van der Waals surface area contributed by atoms with E-state index in [4.69, 9.17) is 9.97 Å². The maximum absolute atomic E-state index is 12.8. The smallest absolute Gasteiger partial charge is 0.163 e. The Kier molecular flexibility index (Phi) is 13.5. The quantitative estimate of drug-likeness (QED) is 0.162. The molecule has 0 unspecified atom stereocenters. The molecule has 0 aliphatic carbocycles. The van der Waals surface area contributed by atoms with Crippen LogP contribution in [0.5, 0.6) is 5.75 Å². The van der Waals surface area contributed by atoms with Crippen molar-refractivity contribution < 1.29 is 26.2 Å². The summed E-state index contributed by atoms with van der Waals surface area (Å²) in [5, 5.41) is 13.8. The third-order valence-electron chi connectivity index (χ3n) is 14.7. The van der Waals surface area contributed by atoms with E-state index < -0.39 is 0 Å². The van der Waals surface area contributed by atoms with Crippen molar-refractivity contribution in [3.05, 3.63) is 192 Å². The summed E-state index contributed by atoms with van der Waals surface area (Å²) in [5.74, 6) is 1.70. The third kappa shape index (κ3) is 9.88. The molecule has 3 heterocycles. The molecule has 0 aliphatic heterocycles. The minimum atomic E-state index is -0.358. The van der Waals surface area contributed by atoms with Gasteiger partial charge in [-0.1, -0.05) is 201 Å². The number of hydrogen-bond acceptors (Lipinski definition) is 3. The van der Waals surface area contributed by atoms with E-state index in [2.05, 4.69) is 275 Å². The second-order valence-corrected chi connectivity index (χ2v) is 25.5. The molecule has 0 bridgehead atoms. The second-order valence-electron chi connectivity index (χ2n) is 25.5. The monoisotopic (exact) mass is 1170 g/mol. The van der Waals surface area contributed by atoms with Crippen LogP contribution >= 0.6 is 0 Å². The van der Waals surface area contributed by atoms with Crippen molar-refractivity contribution in [3.63, 3.8) is 0 Å². The minimum absolute atomic E-state index is 0. The molecule has 0 spiro atoms. The summed E-state index contributed by atoms with van der Waals surface area (Å²) in [6.07, 6.45) is 3.97. The van der Waals surface area contributed by atoms with Crippen molar-refractivity contribution in [3.8, 4) is 67.8 Å². The Morgan fingerprint density at radius 2 is 0.973 bits per heavy atom. The molecule has 0 radical (unpaired) electrons. The van der Waals surface area contributed by atoms with Gasteiger partial charge in [0.1, 0.15) is 11.3 Å². The van der Waals surface area contributed by atoms with Crippen LogP contribution in [0, 0.1) is 6.07 Å². The summed E-state index contributed by atoms with van der Waals surface area (Å²) in [6.45, 7) is 33.6. The van der Waals surface area contributed by atoms with Gasteiger partial charge in [-0.3, -0.25) is 9.55 Å². The molecule has 0 amide bonds. The average molecular weight is 1170 g/mol. The molecular formula is C68H72N5OPt-. The molecular weight excluding hydrogens is 1100 g/mol. The van der Waals surface area contributed by atoms with Crippen molar-refractivity contribution in [1.82, 2.24) is 23.7 Å². The van der Waals surface area contributed by atoms with Crippen LogP contribution in [0.2, 0.25) is 0 Å². The zero-order chi connectivity index (χ0) is 52.9. The van der Waals surface area contributed by atoms with Gasteiger partial charge in [0.2, 0.25) is 0 Å². The van der Waals surface area contributed by atoms with Crippen molar-refractivity contribution in [1.29, 1.82) is 0 Å². The summed E-state index contributed by atoms with van der Waals surface area (Å²) in [6, 6.07) is 56.5. The van der Waals surface area contributed by atoms with Crippen molar-refractivity contribution in [2.75, 3.05) is 0 Å². The topological polar surface area (TPSA) is 60.8 Å². The van der Waals surface area contributed by atoms with E-state index >= 15 is 0 Å². The molecule has 0 atom stereocenters. The zero-order valence-corrected chi connectivity index (χ0v) is 48.8. The van der Waals surface area contributed by atoms with Gasteiger partial charge in [0.15, 0.2) is 11.5 Å². The number of imidazole rings is 2. The normalized spacial score (nSPS) is 12.7. The number of phenolic OH excluding ortho intramolecular Hbond substituents is 1. The number of nitrogens with zero attached hydrogens (tertiary/aromatic N) is 5. The van der Waals surface area contributed by atoms with Crippen LogP contribution in [0.3, 0.4) is 0 Å². The van der Waals surface area contributed by atoms with Crippen LogP contribution in [-0.4, -0.2) is 28.8 Å². The van der Waals surface area contributed by atoms with Crippen LogP contribution in [0.4, 0.5) is 0 Å². The largest absolute Gasteiger partial charge is 0.507 e. The first-order valence-corrected chi connectivity index (χ1v) is 26.2. The van der Waals surface area contributed by atoms with Gasteiger partial charge in [0.25, 0.3) is 0 Å². The first-order chi connectivity index (χ1) is 34.8. The third-order valence-corrected chi connectivity index (χ3v) is 14.7. The molecule has 3 aromatic heterocycles. The second kappa shape index (κ2) is 19.1. The van der Waals surface area contributed by atoms with Crippen LogP contribution in [0.25, 0.3) is 84.2 Å². The molecule has 10 aromatic rings. The SMILES string of the molecule is CC(C)(C)c1cc(-c2nccn2-c2ccc(C(C)(C)C)cc2-c2ccccc2)[c-]c(-n2c3ccccc3c3c2nc(-c2cc(C(C)(C)C)cc(C(C)(C)C)c2O)n3-c2ccc(C(C)(C)C)cc2-c2ccccc2)c1.[Pt]. The Hall–Kier alpha value is -6.75. The van der Waals surface area contributed by atoms with E-state index in [1.807, 2.05) is 6.20 Å². The molecule has 7 heteroatoms. The van der Waals surface area contributed by atoms with E-state index in [0.717, 1.165) is 89.5 Å². The number of benzene rings is 7. The van der Waals surface area contributed by atoms with Gasteiger partial charge in [-0.05, 0) is 97.0 Å². The molecule has 75 heavy (non-hydrogen) atoms. The zero-order valence-electron chi connectivity index (χ0n) is 46.5. The van der Waals surface area contributed by atoms with E-state index in [1.54, 1.807) is 0 Å². The number of aromatic hydroxyl groups is 1. The number of para-hydroxylation sites is 1. The summed E-state index contributed by atoms with van der Waals surface area (Å²) < 4.78 is 6.83. The summed E-state index contributed by atoms with van der Waals surface area (Å²) in [7, 11) is 0.